The van der Waals surface area contributed by atoms with Crippen LogP contribution < -0.4 is 10.0 Å². The minimum atomic E-state index is -3.77. The average Bonchev–Trinajstić information content (AvgIpc) is 3.32. The van der Waals surface area contributed by atoms with E-state index in [9.17, 15) is 18.0 Å². The normalized spacial score (nSPS) is 15.7. The smallest absolute Gasteiger partial charge is 0.287 e. The van der Waals surface area contributed by atoms with E-state index in [1.165, 1.54) is 19.2 Å². The number of nitrogens with one attached hydrogen (secondary N) is 2. The summed E-state index contributed by atoms with van der Waals surface area (Å²) in [5, 5.41) is 2.51. The molecule has 9 heteroatoms. The number of sulfonamides is 1. The van der Waals surface area contributed by atoms with Gasteiger partial charge in [0.2, 0.25) is 11.0 Å². The standard InChI is InChI=1S/C18H21N3O5S/c1-19-27(24,25)17-10-9-15(26-17)18(23)20-14(13-6-3-2-4-7-13)12-21-11-5-8-16(21)22/h2-4,6-7,9-10,14,19H,5,8,11-12H2,1H3,(H,20,23). The minimum absolute atomic E-state index is 0.0607. The largest absolute Gasteiger partial charge is 0.438 e. The third-order valence-corrected chi connectivity index (χ3v) is 5.71. The first kappa shape index (κ1) is 19.1. The third-order valence-electron chi connectivity index (χ3n) is 4.42. The summed E-state index contributed by atoms with van der Waals surface area (Å²) in [6.07, 6.45) is 1.32. The number of carbonyl (C=O) groups excluding carboxylic acids is 2. The lowest BCUT2D eigenvalue weighted by atomic mass is 10.1. The highest BCUT2D eigenvalue weighted by Gasteiger charge is 2.27. The lowest BCUT2D eigenvalue weighted by Gasteiger charge is -2.25. The van der Waals surface area contributed by atoms with Crippen LogP contribution in [0.2, 0.25) is 0 Å². The molecule has 1 unspecified atom stereocenters. The van der Waals surface area contributed by atoms with Crippen molar-refractivity contribution in [3.63, 3.8) is 0 Å². The lowest BCUT2D eigenvalue weighted by Crippen LogP contribution is -2.38. The predicted octanol–water partition coefficient (Wildman–Crippen LogP) is 1.28. The molecule has 3 rings (SSSR count). The highest BCUT2D eigenvalue weighted by Crippen LogP contribution is 2.20. The predicted molar refractivity (Wildman–Crippen MR) is 97.4 cm³/mol. The molecule has 1 aliphatic heterocycles. The van der Waals surface area contributed by atoms with Crippen molar-refractivity contribution in [3.8, 4) is 0 Å². The van der Waals surface area contributed by atoms with E-state index in [1.54, 1.807) is 4.90 Å². The Kier molecular flexibility index (Phi) is 5.62. The molecule has 144 valence electrons. The molecule has 27 heavy (non-hydrogen) atoms. The van der Waals surface area contributed by atoms with Crippen molar-refractivity contribution in [2.45, 2.75) is 24.0 Å². The van der Waals surface area contributed by atoms with Gasteiger partial charge in [0.1, 0.15) is 0 Å². The number of carbonyl (C=O) groups is 2. The molecule has 0 aliphatic carbocycles. The van der Waals surface area contributed by atoms with Crippen molar-refractivity contribution in [2.24, 2.45) is 0 Å². The molecular weight excluding hydrogens is 370 g/mol. The van der Waals surface area contributed by atoms with Gasteiger partial charge in [-0.1, -0.05) is 30.3 Å². The van der Waals surface area contributed by atoms with Gasteiger partial charge < -0.3 is 14.6 Å². The lowest BCUT2D eigenvalue weighted by molar-refractivity contribution is -0.128. The second-order valence-electron chi connectivity index (χ2n) is 6.21. The monoisotopic (exact) mass is 391 g/mol. The van der Waals surface area contributed by atoms with E-state index in [-0.39, 0.29) is 16.8 Å². The second-order valence-corrected chi connectivity index (χ2v) is 8.02. The van der Waals surface area contributed by atoms with Crippen LogP contribution in [0.15, 0.2) is 52.0 Å². The van der Waals surface area contributed by atoms with Gasteiger partial charge in [-0.25, -0.2) is 13.1 Å². The molecule has 1 aliphatic rings. The number of hydrogen-bond acceptors (Lipinski definition) is 5. The number of amides is 2. The van der Waals surface area contributed by atoms with E-state index in [2.05, 4.69) is 10.0 Å². The summed E-state index contributed by atoms with van der Waals surface area (Å²) in [6.45, 7) is 1.00. The second kappa shape index (κ2) is 7.93. The molecule has 2 amide bonds. The summed E-state index contributed by atoms with van der Waals surface area (Å²) in [6, 6.07) is 11.4. The minimum Gasteiger partial charge on any atom is -0.438 e. The van der Waals surface area contributed by atoms with Gasteiger partial charge in [-0.2, -0.15) is 0 Å². The molecule has 1 saturated heterocycles. The quantitative estimate of drug-likeness (QED) is 0.739. The summed E-state index contributed by atoms with van der Waals surface area (Å²) in [4.78, 5) is 26.3. The van der Waals surface area contributed by atoms with E-state index < -0.39 is 22.0 Å². The molecule has 8 nitrogen and oxygen atoms in total. The van der Waals surface area contributed by atoms with E-state index >= 15 is 0 Å². The molecular formula is C18H21N3O5S. The zero-order valence-corrected chi connectivity index (χ0v) is 15.7. The summed E-state index contributed by atoms with van der Waals surface area (Å²) >= 11 is 0. The first-order chi connectivity index (χ1) is 12.9. The molecule has 2 aromatic rings. The van der Waals surface area contributed by atoms with Gasteiger partial charge in [-0.3, -0.25) is 9.59 Å². The van der Waals surface area contributed by atoms with Crippen molar-refractivity contribution < 1.29 is 22.4 Å². The van der Waals surface area contributed by atoms with Gasteiger partial charge in [-0.05, 0) is 31.2 Å². The highest BCUT2D eigenvalue weighted by atomic mass is 32.2. The Morgan fingerprint density at radius 2 is 1.96 bits per heavy atom. The maximum atomic E-state index is 12.6. The number of furan rings is 1. The molecule has 0 saturated carbocycles. The van der Waals surface area contributed by atoms with E-state index in [4.69, 9.17) is 4.42 Å². The molecule has 0 spiro atoms. The first-order valence-corrected chi connectivity index (χ1v) is 10.1. The summed E-state index contributed by atoms with van der Waals surface area (Å²) in [7, 11) is -2.51. The molecule has 1 fully saturated rings. The zero-order chi connectivity index (χ0) is 19.4. The number of rotatable bonds is 7. The van der Waals surface area contributed by atoms with E-state index in [0.29, 0.717) is 19.5 Å². The average molecular weight is 391 g/mol. The zero-order valence-electron chi connectivity index (χ0n) is 14.8. The summed E-state index contributed by atoms with van der Waals surface area (Å²) in [5.41, 5.74) is 0.847. The maximum Gasteiger partial charge on any atom is 0.287 e. The van der Waals surface area contributed by atoms with Crippen LogP contribution in [0.1, 0.15) is 35.0 Å². The third kappa shape index (κ3) is 4.37. The Balaban J connectivity index is 1.79. The Bertz CT molecular complexity index is 923. The Morgan fingerprint density at radius 1 is 1.22 bits per heavy atom. The first-order valence-electron chi connectivity index (χ1n) is 8.57. The topological polar surface area (TPSA) is 109 Å². The van der Waals surface area contributed by atoms with Gasteiger partial charge in [0.05, 0.1) is 6.04 Å². The van der Waals surface area contributed by atoms with Crippen LogP contribution >= 0.6 is 0 Å². The number of benzene rings is 1. The molecule has 1 atom stereocenters. The molecule has 0 bridgehead atoms. The van der Waals surface area contributed by atoms with Gasteiger partial charge in [0.25, 0.3) is 15.9 Å². The van der Waals surface area contributed by atoms with Crippen LogP contribution in [0, 0.1) is 0 Å². The summed E-state index contributed by atoms with van der Waals surface area (Å²) in [5.74, 6) is -0.601. The molecule has 1 aromatic heterocycles. The van der Waals surface area contributed by atoms with E-state index in [1.807, 2.05) is 30.3 Å². The van der Waals surface area contributed by atoms with Crippen molar-refractivity contribution in [1.29, 1.82) is 0 Å². The van der Waals surface area contributed by atoms with Crippen molar-refractivity contribution >= 4 is 21.8 Å². The van der Waals surface area contributed by atoms with Gasteiger partial charge in [0, 0.05) is 19.5 Å². The van der Waals surface area contributed by atoms with Crippen molar-refractivity contribution in [1.82, 2.24) is 14.9 Å². The number of hydrogen-bond donors (Lipinski definition) is 2. The van der Waals surface area contributed by atoms with Crippen LogP contribution in [0.4, 0.5) is 0 Å². The van der Waals surface area contributed by atoms with Gasteiger partial charge >= 0.3 is 0 Å². The molecule has 1 aromatic carbocycles. The fraction of sp³-hybridized carbons (Fsp3) is 0.333. The Labute approximate surface area is 157 Å². The van der Waals surface area contributed by atoms with Crippen molar-refractivity contribution in [3.05, 3.63) is 53.8 Å². The fourth-order valence-electron chi connectivity index (χ4n) is 2.95. The molecule has 0 radical (unpaired) electrons. The SMILES string of the molecule is CNS(=O)(=O)c1ccc(C(=O)NC(CN2CCCC2=O)c2ccccc2)o1. The molecule has 2 N–H and O–H groups in total. The molecule has 2 heterocycles. The van der Waals surface area contributed by atoms with Crippen LogP contribution in [0.5, 0.6) is 0 Å². The van der Waals surface area contributed by atoms with Crippen LogP contribution in [0.25, 0.3) is 0 Å². The summed E-state index contributed by atoms with van der Waals surface area (Å²) < 4.78 is 30.9. The van der Waals surface area contributed by atoms with Crippen molar-refractivity contribution in [2.75, 3.05) is 20.1 Å². The fourth-order valence-corrected chi connectivity index (χ4v) is 3.60. The highest BCUT2D eigenvalue weighted by molar-refractivity contribution is 7.89. The Hall–Kier alpha value is -2.65. The number of nitrogens with zero attached hydrogens (tertiary/aromatic N) is 1. The number of likely N-dealkylation sites (tertiary alicyclic amines) is 1. The van der Waals surface area contributed by atoms with Crippen LogP contribution in [-0.4, -0.2) is 45.3 Å². The van der Waals surface area contributed by atoms with Crippen LogP contribution in [0.3, 0.4) is 0 Å². The van der Waals surface area contributed by atoms with Gasteiger partial charge in [0.15, 0.2) is 5.76 Å². The Morgan fingerprint density at radius 3 is 2.59 bits per heavy atom. The van der Waals surface area contributed by atoms with E-state index in [0.717, 1.165) is 12.0 Å². The maximum absolute atomic E-state index is 12.6. The van der Waals surface area contributed by atoms with Gasteiger partial charge in [-0.15, -0.1) is 0 Å². The van der Waals surface area contributed by atoms with Crippen LogP contribution in [-0.2, 0) is 14.8 Å².